The highest BCUT2D eigenvalue weighted by molar-refractivity contribution is 6.04. The molecular weight excluding hydrogens is 352 g/mol. The molecule has 0 unspecified atom stereocenters. The van der Waals surface area contributed by atoms with Gasteiger partial charge in [0.2, 0.25) is 0 Å². The molecule has 0 aliphatic carbocycles. The van der Waals surface area contributed by atoms with E-state index >= 15 is 0 Å². The Morgan fingerprint density at radius 1 is 1.04 bits per heavy atom. The number of rotatable bonds is 6. The minimum absolute atomic E-state index is 0.204. The first-order chi connectivity index (χ1) is 13.5. The van der Waals surface area contributed by atoms with Gasteiger partial charge < -0.3 is 20.3 Å². The van der Waals surface area contributed by atoms with Gasteiger partial charge in [0.25, 0.3) is 5.91 Å². The zero-order valence-electron chi connectivity index (χ0n) is 16.5. The number of benzene rings is 2. The number of hydrogen-bond acceptors (Lipinski definition) is 5. The van der Waals surface area contributed by atoms with Gasteiger partial charge in [-0.25, -0.2) is 4.98 Å². The summed E-state index contributed by atoms with van der Waals surface area (Å²) in [6.07, 6.45) is 1.55. The second-order valence-corrected chi connectivity index (χ2v) is 6.66. The lowest BCUT2D eigenvalue weighted by molar-refractivity contribution is 0.102. The second kappa shape index (κ2) is 8.43. The average Bonchev–Trinajstić information content (AvgIpc) is 2.69. The topological polar surface area (TPSA) is 66.5 Å². The van der Waals surface area contributed by atoms with Gasteiger partial charge in [0.1, 0.15) is 11.6 Å². The standard InChI is InChI=1S/C22H24N4O2/c1-15-5-11-20(28-4)19(13-15)25-21-12-6-16(14-23-21)22(27)24-17-7-9-18(10-8-17)26(2)3/h5-14H,1-4H3,(H,23,25)(H,24,27). The van der Waals surface area contributed by atoms with Gasteiger partial charge in [-0.05, 0) is 61.0 Å². The summed E-state index contributed by atoms with van der Waals surface area (Å²) in [6.45, 7) is 2.01. The van der Waals surface area contributed by atoms with Crippen LogP contribution < -0.4 is 20.3 Å². The highest BCUT2D eigenvalue weighted by atomic mass is 16.5. The van der Waals surface area contributed by atoms with E-state index in [9.17, 15) is 4.79 Å². The molecule has 0 saturated carbocycles. The summed E-state index contributed by atoms with van der Waals surface area (Å²) >= 11 is 0. The van der Waals surface area contributed by atoms with Crippen molar-refractivity contribution in [3.63, 3.8) is 0 Å². The van der Waals surface area contributed by atoms with E-state index in [1.54, 1.807) is 25.4 Å². The lowest BCUT2D eigenvalue weighted by Gasteiger charge is -2.13. The quantitative estimate of drug-likeness (QED) is 0.665. The molecule has 3 aromatic rings. The third-order valence-corrected chi connectivity index (χ3v) is 4.28. The highest BCUT2D eigenvalue weighted by Gasteiger charge is 2.09. The van der Waals surface area contributed by atoms with Gasteiger partial charge in [0, 0.05) is 31.7 Å². The number of nitrogens with one attached hydrogen (secondary N) is 2. The number of aromatic nitrogens is 1. The van der Waals surface area contributed by atoms with Gasteiger partial charge >= 0.3 is 0 Å². The van der Waals surface area contributed by atoms with E-state index in [2.05, 4.69) is 15.6 Å². The van der Waals surface area contributed by atoms with E-state index in [4.69, 9.17) is 4.74 Å². The van der Waals surface area contributed by atoms with Crippen LogP contribution in [0.25, 0.3) is 0 Å². The SMILES string of the molecule is COc1ccc(C)cc1Nc1ccc(C(=O)Nc2ccc(N(C)C)cc2)cn1. The maximum Gasteiger partial charge on any atom is 0.257 e. The number of aryl methyl sites for hydroxylation is 1. The average molecular weight is 376 g/mol. The summed E-state index contributed by atoms with van der Waals surface area (Å²) in [5.74, 6) is 1.16. The second-order valence-electron chi connectivity index (χ2n) is 6.66. The fourth-order valence-corrected chi connectivity index (χ4v) is 2.71. The fraction of sp³-hybridized carbons (Fsp3) is 0.182. The van der Waals surface area contributed by atoms with Crippen LogP contribution in [0.2, 0.25) is 0 Å². The van der Waals surface area contributed by atoms with Crippen LogP contribution >= 0.6 is 0 Å². The van der Waals surface area contributed by atoms with Crippen LogP contribution in [-0.2, 0) is 0 Å². The number of pyridine rings is 1. The van der Waals surface area contributed by atoms with Crippen molar-refractivity contribution < 1.29 is 9.53 Å². The molecule has 0 spiro atoms. The van der Waals surface area contributed by atoms with Crippen molar-refractivity contribution in [1.29, 1.82) is 0 Å². The van der Waals surface area contributed by atoms with E-state index in [0.29, 0.717) is 11.4 Å². The Kier molecular flexibility index (Phi) is 5.79. The number of carbonyl (C=O) groups is 1. The van der Waals surface area contributed by atoms with Crippen LogP contribution in [0, 0.1) is 6.92 Å². The summed E-state index contributed by atoms with van der Waals surface area (Å²) < 4.78 is 5.37. The lowest BCUT2D eigenvalue weighted by Crippen LogP contribution is -2.13. The first kappa shape index (κ1) is 19.2. The van der Waals surface area contributed by atoms with Crippen LogP contribution in [0.3, 0.4) is 0 Å². The zero-order chi connectivity index (χ0) is 20.1. The van der Waals surface area contributed by atoms with Crippen LogP contribution in [0.4, 0.5) is 22.9 Å². The van der Waals surface area contributed by atoms with E-state index in [1.807, 2.05) is 68.4 Å². The van der Waals surface area contributed by atoms with E-state index in [1.165, 1.54) is 0 Å². The normalized spacial score (nSPS) is 10.3. The Bertz CT molecular complexity index is 951. The molecule has 1 aromatic heterocycles. The molecule has 1 heterocycles. The van der Waals surface area contributed by atoms with E-state index in [0.717, 1.165) is 28.4 Å². The Labute approximate surface area is 165 Å². The number of amides is 1. The Hall–Kier alpha value is -3.54. The Morgan fingerprint density at radius 3 is 2.39 bits per heavy atom. The molecule has 1 amide bonds. The van der Waals surface area contributed by atoms with Crippen LogP contribution in [0.5, 0.6) is 5.75 Å². The first-order valence-corrected chi connectivity index (χ1v) is 8.93. The molecule has 2 aromatic carbocycles. The van der Waals surface area contributed by atoms with Crippen molar-refractivity contribution in [2.45, 2.75) is 6.92 Å². The molecule has 6 nitrogen and oxygen atoms in total. The summed E-state index contributed by atoms with van der Waals surface area (Å²) in [4.78, 5) is 18.8. The molecule has 144 valence electrons. The van der Waals surface area contributed by atoms with Crippen molar-refractivity contribution in [2.24, 2.45) is 0 Å². The van der Waals surface area contributed by atoms with Gasteiger partial charge in [-0.2, -0.15) is 0 Å². The predicted octanol–water partition coefficient (Wildman–Crippen LogP) is 4.46. The molecule has 0 radical (unpaired) electrons. The number of anilines is 4. The third-order valence-electron chi connectivity index (χ3n) is 4.28. The van der Waals surface area contributed by atoms with Crippen LogP contribution in [-0.4, -0.2) is 32.1 Å². The number of carbonyl (C=O) groups excluding carboxylic acids is 1. The molecule has 3 rings (SSSR count). The van der Waals surface area contributed by atoms with Crippen molar-refractivity contribution >= 4 is 28.8 Å². The van der Waals surface area contributed by atoms with Crippen molar-refractivity contribution in [1.82, 2.24) is 4.98 Å². The molecule has 0 fully saturated rings. The molecule has 0 aliphatic rings. The summed E-state index contributed by atoms with van der Waals surface area (Å²) in [5, 5.41) is 6.11. The maximum atomic E-state index is 12.4. The van der Waals surface area contributed by atoms with Crippen LogP contribution in [0.1, 0.15) is 15.9 Å². The van der Waals surface area contributed by atoms with Gasteiger partial charge in [-0.1, -0.05) is 6.07 Å². The Morgan fingerprint density at radius 2 is 1.79 bits per heavy atom. The number of methoxy groups -OCH3 is 1. The van der Waals surface area contributed by atoms with Gasteiger partial charge in [-0.3, -0.25) is 4.79 Å². The van der Waals surface area contributed by atoms with Gasteiger partial charge in [0.15, 0.2) is 0 Å². The van der Waals surface area contributed by atoms with Crippen molar-refractivity contribution in [3.8, 4) is 5.75 Å². The number of hydrogen-bond donors (Lipinski definition) is 2. The molecule has 2 N–H and O–H groups in total. The van der Waals surface area contributed by atoms with Crippen LogP contribution in [0.15, 0.2) is 60.8 Å². The van der Waals surface area contributed by atoms with Gasteiger partial charge in [-0.15, -0.1) is 0 Å². The van der Waals surface area contributed by atoms with Gasteiger partial charge in [0.05, 0.1) is 18.4 Å². The zero-order valence-corrected chi connectivity index (χ0v) is 16.5. The smallest absolute Gasteiger partial charge is 0.257 e. The number of ether oxygens (including phenoxy) is 1. The molecule has 0 bridgehead atoms. The minimum atomic E-state index is -0.204. The molecule has 0 aliphatic heterocycles. The van der Waals surface area contributed by atoms with Crippen molar-refractivity contribution in [2.75, 3.05) is 36.7 Å². The number of nitrogens with zero attached hydrogens (tertiary/aromatic N) is 2. The maximum absolute atomic E-state index is 12.4. The summed E-state index contributed by atoms with van der Waals surface area (Å²) in [6, 6.07) is 17.0. The molecule has 0 saturated heterocycles. The predicted molar refractivity (Wildman–Crippen MR) is 114 cm³/mol. The van der Waals surface area contributed by atoms with E-state index < -0.39 is 0 Å². The third kappa shape index (κ3) is 4.59. The molecule has 0 atom stereocenters. The minimum Gasteiger partial charge on any atom is -0.495 e. The van der Waals surface area contributed by atoms with E-state index in [-0.39, 0.29) is 5.91 Å². The van der Waals surface area contributed by atoms with Crippen molar-refractivity contribution in [3.05, 3.63) is 71.9 Å². The first-order valence-electron chi connectivity index (χ1n) is 8.93. The lowest BCUT2D eigenvalue weighted by atomic mass is 10.2. The highest BCUT2D eigenvalue weighted by Crippen LogP contribution is 2.28. The fourth-order valence-electron chi connectivity index (χ4n) is 2.71. The monoisotopic (exact) mass is 376 g/mol. The largest absolute Gasteiger partial charge is 0.495 e. The Balaban J connectivity index is 1.68. The molecule has 6 heteroatoms. The molecule has 28 heavy (non-hydrogen) atoms. The summed E-state index contributed by atoms with van der Waals surface area (Å²) in [7, 11) is 5.57. The summed E-state index contributed by atoms with van der Waals surface area (Å²) in [5.41, 5.74) is 4.23. The molecular formula is C22H24N4O2.